The van der Waals surface area contributed by atoms with Gasteiger partial charge in [-0.2, -0.15) is 0 Å². The molecule has 0 heterocycles. The van der Waals surface area contributed by atoms with E-state index < -0.39 is 5.83 Å². The van der Waals surface area contributed by atoms with Gasteiger partial charge in [0.1, 0.15) is 5.76 Å². The minimum absolute atomic E-state index is 0.0208. The third kappa shape index (κ3) is 2.39. The fourth-order valence-corrected chi connectivity index (χ4v) is 0.253. The van der Waals surface area contributed by atoms with Crippen LogP contribution in [-0.4, -0.2) is 6.61 Å². The molecule has 0 unspecified atom stereocenters. The van der Waals surface area contributed by atoms with Crippen LogP contribution in [0.25, 0.3) is 0 Å². The first-order valence-corrected chi connectivity index (χ1v) is 2.35. The summed E-state index contributed by atoms with van der Waals surface area (Å²) in [6.45, 7) is 8.42. The van der Waals surface area contributed by atoms with Gasteiger partial charge < -0.3 is 4.74 Å². The first kappa shape index (κ1) is 7.21. The Balaban J connectivity index is 3.49. The van der Waals surface area contributed by atoms with E-state index in [1.807, 2.05) is 0 Å². The maximum Gasteiger partial charge on any atom is 0.157 e. The van der Waals surface area contributed by atoms with E-state index >= 15 is 0 Å². The van der Waals surface area contributed by atoms with Gasteiger partial charge in [0.05, 0.1) is 6.61 Å². The molecular formula is C6H9FO. The molecule has 0 fully saturated rings. The Morgan fingerprint density at radius 1 is 1.62 bits per heavy atom. The quantitative estimate of drug-likeness (QED) is 0.405. The van der Waals surface area contributed by atoms with Crippen LogP contribution in [0.4, 0.5) is 4.39 Å². The molecule has 0 spiro atoms. The predicted molar refractivity (Wildman–Crippen MR) is 31.0 cm³/mol. The van der Waals surface area contributed by atoms with Gasteiger partial charge in [-0.15, -0.1) is 0 Å². The van der Waals surface area contributed by atoms with Crippen LogP contribution in [-0.2, 0) is 4.74 Å². The average molecular weight is 116 g/mol. The molecule has 0 atom stereocenters. The van der Waals surface area contributed by atoms with Crippen LogP contribution in [0, 0.1) is 0 Å². The summed E-state index contributed by atoms with van der Waals surface area (Å²) in [5.41, 5.74) is 0. The van der Waals surface area contributed by atoms with Crippen LogP contribution in [0.5, 0.6) is 0 Å². The van der Waals surface area contributed by atoms with Gasteiger partial charge in [-0.05, 0) is 6.92 Å². The van der Waals surface area contributed by atoms with E-state index in [0.29, 0.717) is 6.61 Å². The summed E-state index contributed by atoms with van der Waals surface area (Å²) in [6, 6.07) is 0. The normalized spacial score (nSPS) is 8.25. The molecule has 1 nitrogen and oxygen atoms in total. The van der Waals surface area contributed by atoms with Crippen molar-refractivity contribution in [3.63, 3.8) is 0 Å². The summed E-state index contributed by atoms with van der Waals surface area (Å²) < 4.78 is 16.5. The average Bonchev–Trinajstić information content (AvgIpc) is 1.67. The van der Waals surface area contributed by atoms with Gasteiger partial charge in [0.2, 0.25) is 0 Å². The van der Waals surface area contributed by atoms with E-state index in [2.05, 4.69) is 17.9 Å². The minimum Gasteiger partial charge on any atom is -0.491 e. The first-order valence-electron chi connectivity index (χ1n) is 2.35. The molecule has 0 radical (unpaired) electrons. The highest BCUT2D eigenvalue weighted by Gasteiger charge is 1.94. The lowest BCUT2D eigenvalue weighted by molar-refractivity contribution is 0.227. The molecule has 0 aliphatic heterocycles. The van der Waals surface area contributed by atoms with Gasteiger partial charge in [0.15, 0.2) is 5.83 Å². The molecule has 0 N–H and O–H groups in total. The van der Waals surface area contributed by atoms with Crippen molar-refractivity contribution in [2.45, 2.75) is 6.92 Å². The van der Waals surface area contributed by atoms with Gasteiger partial charge >= 0.3 is 0 Å². The van der Waals surface area contributed by atoms with Crippen LogP contribution in [0.3, 0.4) is 0 Å². The fraction of sp³-hybridized carbons (Fsp3) is 0.333. The highest BCUT2D eigenvalue weighted by molar-refractivity contribution is 5.10. The Morgan fingerprint density at radius 3 is 2.25 bits per heavy atom. The summed E-state index contributed by atoms with van der Waals surface area (Å²) in [5, 5.41) is 0. The Kier molecular flexibility index (Phi) is 2.92. The zero-order valence-corrected chi connectivity index (χ0v) is 4.91. The zero-order valence-electron chi connectivity index (χ0n) is 4.91. The molecule has 0 aromatic heterocycles. The standard InChI is InChI=1S/C6H9FO/c1-4-8-6(3)5(2)7/h2-4H2,1H3. The number of allylic oxidation sites excluding steroid dienone is 1. The van der Waals surface area contributed by atoms with E-state index in [4.69, 9.17) is 0 Å². The lowest BCUT2D eigenvalue weighted by Gasteiger charge is -2.00. The Labute approximate surface area is 48.5 Å². The number of ether oxygens (including phenoxy) is 1. The SMILES string of the molecule is C=C(F)C(=C)OCC. The Bertz CT molecular complexity index is 107. The third-order valence-electron chi connectivity index (χ3n) is 0.621. The zero-order chi connectivity index (χ0) is 6.57. The van der Waals surface area contributed by atoms with Crippen LogP contribution in [0.1, 0.15) is 6.92 Å². The molecule has 0 saturated carbocycles. The largest absolute Gasteiger partial charge is 0.491 e. The van der Waals surface area contributed by atoms with Crippen LogP contribution in [0.2, 0.25) is 0 Å². The van der Waals surface area contributed by atoms with Gasteiger partial charge in [-0.1, -0.05) is 13.2 Å². The second-order valence-electron chi connectivity index (χ2n) is 1.26. The van der Waals surface area contributed by atoms with Crippen LogP contribution >= 0.6 is 0 Å². The van der Waals surface area contributed by atoms with E-state index in [0.717, 1.165) is 0 Å². The van der Waals surface area contributed by atoms with Crippen molar-refractivity contribution < 1.29 is 9.13 Å². The first-order chi connectivity index (χ1) is 3.68. The summed E-state index contributed by atoms with van der Waals surface area (Å²) >= 11 is 0. The van der Waals surface area contributed by atoms with E-state index in [1.54, 1.807) is 6.92 Å². The monoisotopic (exact) mass is 116 g/mol. The molecule has 46 valence electrons. The highest BCUT2D eigenvalue weighted by atomic mass is 19.1. The molecule has 0 aliphatic carbocycles. The second-order valence-corrected chi connectivity index (χ2v) is 1.26. The second kappa shape index (κ2) is 3.24. The molecule has 0 aromatic carbocycles. The number of hydrogen-bond acceptors (Lipinski definition) is 1. The topological polar surface area (TPSA) is 9.23 Å². The molecule has 0 bridgehead atoms. The van der Waals surface area contributed by atoms with E-state index in [9.17, 15) is 4.39 Å². The molecule has 8 heavy (non-hydrogen) atoms. The van der Waals surface area contributed by atoms with Gasteiger partial charge in [0, 0.05) is 0 Å². The summed E-state index contributed by atoms with van der Waals surface area (Å²) in [7, 11) is 0. The van der Waals surface area contributed by atoms with Crippen molar-refractivity contribution in [2.24, 2.45) is 0 Å². The van der Waals surface area contributed by atoms with Gasteiger partial charge in [-0.25, -0.2) is 4.39 Å². The number of halogens is 1. The van der Waals surface area contributed by atoms with Crippen LogP contribution in [0.15, 0.2) is 24.7 Å². The molecule has 0 aliphatic rings. The number of hydrogen-bond donors (Lipinski definition) is 0. The lowest BCUT2D eigenvalue weighted by Crippen LogP contribution is -1.87. The molecule has 2 heteroatoms. The van der Waals surface area contributed by atoms with Crippen molar-refractivity contribution in [3.8, 4) is 0 Å². The van der Waals surface area contributed by atoms with Crippen molar-refractivity contribution in [1.82, 2.24) is 0 Å². The third-order valence-corrected chi connectivity index (χ3v) is 0.621. The minimum atomic E-state index is -0.605. The van der Waals surface area contributed by atoms with Crippen molar-refractivity contribution in [1.29, 1.82) is 0 Å². The van der Waals surface area contributed by atoms with E-state index in [-0.39, 0.29) is 5.76 Å². The molecule has 0 saturated heterocycles. The smallest absolute Gasteiger partial charge is 0.157 e. The summed E-state index contributed by atoms with van der Waals surface area (Å²) in [4.78, 5) is 0. The summed E-state index contributed by atoms with van der Waals surface area (Å²) in [5.74, 6) is -0.584. The maximum atomic E-state index is 11.9. The maximum absolute atomic E-state index is 11.9. The predicted octanol–water partition coefficient (Wildman–Crippen LogP) is 2.02. The molecular weight excluding hydrogens is 107 g/mol. The molecule has 0 aromatic rings. The Morgan fingerprint density at radius 2 is 2.12 bits per heavy atom. The lowest BCUT2D eigenvalue weighted by atomic mass is 10.5. The van der Waals surface area contributed by atoms with Gasteiger partial charge in [-0.3, -0.25) is 0 Å². The van der Waals surface area contributed by atoms with Crippen molar-refractivity contribution in [2.75, 3.05) is 6.61 Å². The van der Waals surface area contributed by atoms with Crippen LogP contribution < -0.4 is 0 Å². The molecule has 0 amide bonds. The Hall–Kier alpha value is -0.790. The van der Waals surface area contributed by atoms with E-state index in [1.165, 1.54) is 0 Å². The highest BCUT2D eigenvalue weighted by Crippen LogP contribution is 2.05. The molecule has 0 rings (SSSR count). The van der Waals surface area contributed by atoms with Crippen molar-refractivity contribution >= 4 is 0 Å². The number of rotatable bonds is 3. The fourth-order valence-electron chi connectivity index (χ4n) is 0.253. The summed E-state index contributed by atoms with van der Waals surface area (Å²) in [6.07, 6.45) is 0. The van der Waals surface area contributed by atoms with Gasteiger partial charge in [0.25, 0.3) is 0 Å². The van der Waals surface area contributed by atoms with Crippen molar-refractivity contribution in [3.05, 3.63) is 24.7 Å².